The molecule has 0 aliphatic heterocycles. The largest absolute Gasteiger partial charge is 0.496 e. The molecule has 0 unspecified atom stereocenters. The Morgan fingerprint density at radius 2 is 2.14 bits per heavy atom. The average molecular weight is 210 g/mol. The second-order valence-electron chi connectivity index (χ2n) is 2.95. The number of carbonyl (C=O) groups is 1. The topological polar surface area (TPSA) is 26.3 Å². The van der Waals surface area contributed by atoms with Gasteiger partial charge in [-0.3, -0.25) is 4.79 Å². The second-order valence-corrected chi connectivity index (χ2v) is 4.09. The van der Waals surface area contributed by atoms with Gasteiger partial charge in [0.2, 0.25) is 0 Å². The molecule has 76 valence electrons. The van der Waals surface area contributed by atoms with Crippen LogP contribution in [0.4, 0.5) is 0 Å². The Kier molecular flexibility index (Phi) is 4.53. The van der Waals surface area contributed by atoms with Crippen molar-refractivity contribution in [2.45, 2.75) is 18.2 Å². The van der Waals surface area contributed by atoms with Gasteiger partial charge in [0.25, 0.3) is 0 Å². The summed E-state index contributed by atoms with van der Waals surface area (Å²) < 4.78 is 5.20. The van der Waals surface area contributed by atoms with Crippen LogP contribution >= 0.6 is 11.8 Å². The molecule has 1 aromatic rings. The van der Waals surface area contributed by atoms with Crippen molar-refractivity contribution in [3.05, 3.63) is 24.3 Å². The van der Waals surface area contributed by atoms with Crippen LogP contribution < -0.4 is 4.74 Å². The molecule has 0 radical (unpaired) electrons. The van der Waals surface area contributed by atoms with Crippen LogP contribution in [-0.2, 0) is 4.79 Å². The van der Waals surface area contributed by atoms with E-state index in [9.17, 15) is 4.79 Å². The number of rotatable bonds is 5. The van der Waals surface area contributed by atoms with E-state index in [4.69, 9.17) is 4.74 Å². The Labute approximate surface area is 88.7 Å². The van der Waals surface area contributed by atoms with Crippen molar-refractivity contribution < 1.29 is 9.53 Å². The van der Waals surface area contributed by atoms with Gasteiger partial charge < -0.3 is 4.74 Å². The summed E-state index contributed by atoms with van der Waals surface area (Å²) in [5.74, 6) is 1.92. The Morgan fingerprint density at radius 3 is 2.79 bits per heavy atom. The molecule has 1 aromatic carbocycles. The van der Waals surface area contributed by atoms with Crippen molar-refractivity contribution in [2.75, 3.05) is 12.9 Å². The molecule has 0 spiro atoms. The maximum Gasteiger partial charge on any atom is 0.132 e. The normalized spacial score (nSPS) is 9.86. The number of benzene rings is 1. The van der Waals surface area contributed by atoms with Gasteiger partial charge in [-0.1, -0.05) is 12.1 Å². The van der Waals surface area contributed by atoms with Gasteiger partial charge in [-0.2, -0.15) is 0 Å². The lowest BCUT2D eigenvalue weighted by atomic mass is 10.3. The van der Waals surface area contributed by atoms with E-state index in [-0.39, 0.29) is 5.78 Å². The molecular weight excluding hydrogens is 196 g/mol. The zero-order valence-corrected chi connectivity index (χ0v) is 9.26. The fourth-order valence-corrected chi connectivity index (χ4v) is 2.12. The van der Waals surface area contributed by atoms with E-state index in [1.165, 1.54) is 0 Å². The van der Waals surface area contributed by atoms with Crippen LogP contribution in [0, 0.1) is 0 Å². The minimum Gasteiger partial charge on any atom is -0.496 e. The monoisotopic (exact) mass is 210 g/mol. The number of thioether (sulfide) groups is 1. The van der Waals surface area contributed by atoms with Crippen molar-refractivity contribution in [3.63, 3.8) is 0 Å². The number of hydrogen-bond donors (Lipinski definition) is 0. The molecule has 0 N–H and O–H groups in total. The Hall–Kier alpha value is -0.960. The first kappa shape index (κ1) is 11.1. The number of methoxy groups -OCH3 is 1. The van der Waals surface area contributed by atoms with Crippen LogP contribution in [0.15, 0.2) is 29.2 Å². The molecule has 14 heavy (non-hydrogen) atoms. The van der Waals surface area contributed by atoms with Gasteiger partial charge in [-0.05, 0) is 19.1 Å². The summed E-state index contributed by atoms with van der Waals surface area (Å²) in [6.07, 6.45) is 0.614. The van der Waals surface area contributed by atoms with E-state index in [2.05, 4.69) is 0 Å². The number of ketones is 1. The van der Waals surface area contributed by atoms with Crippen LogP contribution in [0.3, 0.4) is 0 Å². The van der Waals surface area contributed by atoms with Gasteiger partial charge in [0.1, 0.15) is 11.5 Å². The molecule has 1 rings (SSSR count). The van der Waals surface area contributed by atoms with E-state index in [1.54, 1.807) is 25.8 Å². The number of para-hydroxylation sites is 1. The van der Waals surface area contributed by atoms with Crippen molar-refractivity contribution in [1.82, 2.24) is 0 Å². The first-order chi connectivity index (χ1) is 6.74. The molecule has 0 saturated carbocycles. The molecule has 0 saturated heterocycles. The Bertz CT molecular complexity index is 310. The van der Waals surface area contributed by atoms with Crippen LogP contribution in [0.25, 0.3) is 0 Å². The summed E-state index contributed by atoms with van der Waals surface area (Å²) in [5, 5.41) is 0. The van der Waals surface area contributed by atoms with Gasteiger partial charge in [0, 0.05) is 17.1 Å². The predicted octanol–water partition coefficient (Wildman–Crippen LogP) is 2.77. The van der Waals surface area contributed by atoms with Crippen molar-refractivity contribution >= 4 is 17.5 Å². The highest BCUT2D eigenvalue weighted by Crippen LogP contribution is 2.28. The highest BCUT2D eigenvalue weighted by molar-refractivity contribution is 7.99. The Morgan fingerprint density at radius 1 is 1.43 bits per heavy atom. The van der Waals surface area contributed by atoms with E-state index in [0.717, 1.165) is 16.4 Å². The van der Waals surface area contributed by atoms with E-state index in [1.807, 2.05) is 24.3 Å². The molecule has 0 aliphatic carbocycles. The summed E-state index contributed by atoms with van der Waals surface area (Å²) in [5.41, 5.74) is 0. The van der Waals surface area contributed by atoms with Crippen molar-refractivity contribution in [2.24, 2.45) is 0 Å². The molecule has 0 amide bonds. The number of Topliss-reactive ketones (excluding diaryl/α,β-unsaturated/α-hetero) is 1. The summed E-state index contributed by atoms with van der Waals surface area (Å²) in [4.78, 5) is 11.8. The summed E-state index contributed by atoms with van der Waals surface area (Å²) in [7, 11) is 1.66. The maximum absolute atomic E-state index is 10.7. The van der Waals surface area contributed by atoms with Gasteiger partial charge in [-0.25, -0.2) is 0 Å². The van der Waals surface area contributed by atoms with Gasteiger partial charge in [0.05, 0.1) is 7.11 Å². The molecule has 0 heterocycles. The number of ether oxygens (including phenoxy) is 1. The lowest BCUT2D eigenvalue weighted by Gasteiger charge is -2.06. The zero-order chi connectivity index (χ0) is 10.4. The minimum atomic E-state index is 0.229. The van der Waals surface area contributed by atoms with Crippen molar-refractivity contribution in [3.8, 4) is 5.75 Å². The van der Waals surface area contributed by atoms with E-state index in [0.29, 0.717) is 6.42 Å². The van der Waals surface area contributed by atoms with Crippen molar-refractivity contribution in [1.29, 1.82) is 0 Å². The fourth-order valence-electron chi connectivity index (χ4n) is 1.04. The second kappa shape index (κ2) is 5.70. The van der Waals surface area contributed by atoms with Crippen LogP contribution in [0.5, 0.6) is 5.75 Å². The first-order valence-electron chi connectivity index (χ1n) is 4.49. The first-order valence-corrected chi connectivity index (χ1v) is 5.48. The molecule has 0 aromatic heterocycles. The standard InChI is InChI=1S/C11H14O2S/c1-9(12)7-8-14-11-6-4-3-5-10(11)13-2/h3-6H,7-8H2,1-2H3. The average Bonchev–Trinajstić information content (AvgIpc) is 2.18. The van der Waals surface area contributed by atoms with Crippen LogP contribution in [0.2, 0.25) is 0 Å². The van der Waals surface area contributed by atoms with Gasteiger partial charge in [0.15, 0.2) is 0 Å². The van der Waals surface area contributed by atoms with Gasteiger partial charge >= 0.3 is 0 Å². The molecule has 0 aliphatic rings. The molecule has 3 heteroatoms. The molecular formula is C11H14O2S. The number of hydrogen-bond acceptors (Lipinski definition) is 3. The zero-order valence-electron chi connectivity index (χ0n) is 8.45. The number of carbonyl (C=O) groups excluding carboxylic acids is 1. The predicted molar refractivity (Wildman–Crippen MR) is 59.0 cm³/mol. The molecule has 0 bridgehead atoms. The lowest BCUT2D eigenvalue weighted by molar-refractivity contribution is -0.116. The fraction of sp³-hybridized carbons (Fsp3) is 0.364. The summed E-state index contributed by atoms with van der Waals surface area (Å²) in [6.45, 7) is 1.61. The summed E-state index contributed by atoms with van der Waals surface area (Å²) >= 11 is 1.65. The third kappa shape index (κ3) is 3.42. The minimum absolute atomic E-state index is 0.229. The molecule has 2 nitrogen and oxygen atoms in total. The third-order valence-electron chi connectivity index (χ3n) is 1.78. The smallest absolute Gasteiger partial charge is 0.132 e. The van der Waals surface area contributed by atoms with Gasteiger partial charge in [-0.15, -0.1) is 11.8 Å². The molecule has 0 atom stereocenters. The molecule has 0 fully saturated rings. The highest BCUT2D eigenvalue weighted by atomic mass is 32.2. The quantitative estimate of drug-likeness (QED) is 0.699. The third-order valence-corrected chi connectivity index (χ3v) is 2.84. The Balaban J connectivity index is 2.53. The van der Waals surface area contributed by atoms with Crippen LogP contribution in [-0.4, -0.2) is 18.6 Å². The van der Waals surface area contributed by atoms with E-state index < -0.39 is 0 Å². The maximum atomic E-state index is 10.7. The highest BCUT2D eigenvalue weighted by Gasteiger charge is 2.02. The summed E-state index contributed by atoms with van der Waals surface area (Å²) in [6, 6.07) is 7.84. The van der Waals surface area contributed by atoms with Crippen LogP contribution in [0.1, 0.15) is 13.3 Å². The SMILES string of the molecule is COc1ccccc1SCCC(C)=O. The lowest BCUT2D eigenvalue weighted by Crippen LogP contribution is -1.92. The van der Waals surface area contributed by atoms with E-state index >= 15 is 0 Å².